The summed E-state index contributed by atoms with van der Waals surface area (Å²) in [7, 11) is 0. The average Bonchev–Trinajstić information content (AvgIpc) is 3.16. The molecule has 0 saturated carbocycles. The van der Waals surface area contributed by atoms with Crippen LogP contribution in [0.2, 0.25) is 0 Å². The van der Waals surface area contributed by atoms with Crippen LogP contribution in [0.3, 0.4) is 0 Å². The number of benzene rings is 2. The molecule has 0 unspecified atom stereocenters. The molecule has 9 heteroatoms. The number of halogens is 2. The highest BCUT2D eigenvalue weighted by atomic mass is 32.2. The second-order valence-corrected chi connectivity index (χ2v) is 8.66. The van der Waals surface area contributed by atoms with Crippen molar-refractivity contribution in [2.45, 2.75) is 30.3 Å². The van der Waals surface area contributed by atoms with Crippen LogP contribution in [0.25, 0.3) is 0 Å². The van der Waals surface area contributed by atoms with Crippen LogP contribution in [0, 0.1) is 11.6 Å². The molecule has 0 bridgehead atoms. The molecule has 4 rings (SSSR count). The molecule has 2 heterocycles. The van der Waals surface area contributed by atoms with Crippen molar-refractivity contribution in [1.82, 2.24) is 15.5 Å². The van der Waals surface area contributed by atoms with E-state index in [1.807, 2.05) is 30.3 Å². The fourth-order valence-electron chi connectivity index (χ4n) is 3.90. The maximum Gasteiger partial charge on any atom is 0.251 e. The van der Waals surface area contributed by atoms with E-state index in [0.717, 1.165) is 23.4 Å². The largest absolute Gasteiger partial charge is 0.347 e. The molecule has 2 aromatic carbocycles. The van der Waals surface area contributed by atoms with Crippen LogP contribution in [0.5, 0.6) is 0 Å². The Bertz CT molecular complexity index is 985. The third-order valence-electron chi connectivity index (χ3n) is 5.36. The third-order valence-corrected chi connectivity index (χ3v) is 6.46. The van der Waals surface area contributed by atoms with Crippen molar-refractivity contribution in [3.8, 4) is 0 Å². The van der Waals surface area contributed by atoms with Gasteiger partial charge in [0.2, 0.25) is 11.8 Å². The Balaban J connectivity index is 1.35. The lowest BCUT2D eigenvalue weighted by Gasteiger charge is -2.34. The van der Waals surface area contributed by atoms with E-state index >= 15 is 0 Å². The van der Waals surface area contributed by atoms with Gasteiger partial charge in [0.25, 0.3) is 5.91 Å². The number of fused-ring (bicyclic) bond motifs is 1. The minimum absolute atomic E-state index is 0.145. The van der Waals surface area contributed by atoms with Gasteiger partial charge in [0, 0.05) is 35.7 Å². The molecule has 31 heavy (non-hydrogen) atoms. The number of hydrogen-bond acceptors (Lipinski definition) is 4. The number of amides is 3. The van der Waals surface area contributed by atoms with Crippen molar-refractivity contribution in [2.24, 2.45) is 0 Å². The lowest BCUT2D eigenvalue weighted by molar-refractivity contribution is -0.146. The van der Waals surface area contributed by atoms with Gasteiger partial charge in [0.1, 0.15) is 23.7 Å². The maximum absolute atomic E-state index is 13.4. The van der Waals surface area contributed by atoms with Crippen molar-refractivity contribution in [3.63, 3.8) is 0 Å². The van der Waals surface area contributed by atoms with Gasteiger partial charge in [0.05, 0.1) is 0 Å². The quantitative estimate of drug-likeness (QED) is 0.714. The van der Waals surface area contributed by atoms with Gasteiger partial charge in [-0.1, -0.05) is 30.3 Å². The smallest absolute Gasteiger partial charge is 0.251 e. The summed E-state index contributed by atoms with van der Waals surface area (Å²) in [6, 6.07) is 10.7. The van der Waals surface area contributed by atoms with Crippen LogP contribution < -0.4 is 10.6 Å². The predicted octanol–water partition coefficient (Wildman–Crippen LogP) is 2.10. The van der Waals surface area contributed by atoms with Crippen molar-refractivity contribution in [3.05, 3.63) is 71.3 Å². The minimum atomic E-state index is -0.848. The first-order valence-corrected chi connectivity index (χ1v) is 11.1. The average molecular weight is 445 g/mol. The Morgan fingerprint density at radius 2 is 1.84 bits per heavy atom. The van der Waals surface area contributed by atoms with Crippen LogP contribution in [0.15, 0.2) is 48.5 Å². The molecule has 2 N–H and O–H groups in total. The second-order valence-electron chi connectivity index (χ2n) is 7.63. The molecule has 6 nitrogen and oxygen atoms in total. The number of nitrogens with zero attached hydrogens (tertiary/aromatic N) is 1. The molecule has 0 radical (unpaired) electrons. The first kappa shape index (κ1) is 21.3. The van der Waals surface area contributed by atoms with Gasteiger partial charge in [-0.05, 0) is 24.1 Å². The van der Waals surface area contributed by atoms with E-state index in [9.17, 15) is 23.2 Å². The Kier molecular flexibility index (Phi) is 6.22. The molecule has 2 fully saturated rings. The first-order chi connectivity index (χ1) is 14.9. The first-order valence-electron chi connectivity index (χ1n) is 9.90. The summed E-state index contributed by atoms with van der Waals surface area (Å²) in [5, 5.41) is 5.46. The maximum atomic E-state index is 13.4. The van der Waals surface area contributed by atoms with Crippen molar-refractivity contribution < 1.29 is 23.2 Å². The van der Waals surface area contributed by atoms with Crippen molar-refractivity contribution in [1.29, 1.82) is 0 Å². The zero-order valence-corrected chi connectivity index (χ0v) is 17.3. The van der Waals surface area contributed by atoms with Crippen LogP contribution in [-0.4, -0.2) is 53.0 Å². The molecule has 3 atom stereocenters. The zero-order chi connectivity index (χ0) is 22.0. The summed E-state index contributed by atoms with van der Waals surface area (Å²) in [6.45, 7) is 0.181. The van der Waals surface area contributed by atoms with Crippen LogP contribution in [0.1, 0.15) is 22.3 Å². The van der Waals surface area contributed by atoms with Gasteiger partial charge < -0.3 is 15.5 Å². The number of thioether (sulfide) groups is 1. The second kappa shape index (κ2) is 9.05. The zero-order valence-electron chi connectivity index (χ0n) is 16.5. The van der Waals surface area contributed by atoms with E-state index in [2.05, 4.69) is 10.6 Å². The van der Waals surface area contributed by atoms with E-state index in [1.54, 1.807) is 11.8 Å². The molecule has 162 valence electrons. The third kappa shape index (κ3) is 4.87. The van der Waals surface area contributed by atoms with Crippen molar-refractivity contribution >= 4 is 29.5 Å². The predicted molar refractivity (Wildman–Crippen MR) is 112 cm³/mol. The van der Waals surface area contributed by atoms with E-state index in [1.165, 1.54) is 4.90 Å². The number of piperazine rings is 1. The summed E-state index contributed by atoms with van der Waals surface area (Å²) in [4.78, 5) is 39.3. The number of hydrogen-bond donors (Lipinski definition) is 2. The van der Waals surface area contributed by atoms with Gasteiger partial charge in [0.15, 0.2) is 0 Å². The van der Waals surface area contributed by atoms with E-state index in [0.29, 0.717) is 11.8 Å². The number of carbonyl (C=O) groups excluding carboxylic acids is 3. The van der Waals surface area contributed by atoms with Gasteiger partial charge in [-0.2, -0.15) is 11.8 Å². The summed E-state index contributed by atoms with van der Waals surface area (Å²) in [6.07, 6.45) is 0.255. The van der Waals surface area contributed by atoms with Gasteiger partial charge in [-0.15, -0.1) is 0 Å². The van der Waals surface area contributed by atoms with E-state index < -0.39 is 35.7 Å². The molecule has 3 amide bonds. The Hall–Kier alpha value is -2.94. The van der Waals surface area contributed by atoms with Gasteiger partial charge in [-0.3, -0.25) is 14.4 Å². The topological polar surface area (TPSA) is 78.5 Å². The molecule has 0 aliphatic carbocycles. The fraction of sp³-hybridized carbons (Fsp3) is 0.318. The summed E-state index contributed by atoms with van der Waals surface area (Å²) in [5.41, 5.74) is 0.992. The van der Waals surface area contributed by atoms with Crippen LogP contribution in [-0.2, 0) is 15.3 Å². The highest BCUT2D eigenvalue weighted by Crippen LogP contribution is 2.25. The number of nitrogens with one attached hydrogen (secondary N) is 2. The Morgan fingerprint density at radius 1 is 1.13 bits per heavy atom. The molecule has 2 aliphatic rings. The lowest BCUT2D eigenvalue weighted by Crippen LogP contribution is -2.61. The van der Waals surface area contributed by atoms with Crippen molar-refractivity contribution in [2.75, 3.05) is 12.3 Å². The molecule has 0 spiro atoms. The monoisotopic (exact) mass is 445 g/mol. The lowest BCUT2D eigenvalue weighted by atomic mass is 10.1. The van der Waals surface area contributed by atoms with E-state index in [4.69, 9.17) is 0 Å². The Morgan fingerprint density at radius 3 is 2.55 bits per heavy atom. The molecule has 2 saturated heterocycles. The van der Waals surface area contributed by atoms with Gasteiger partial charge in [-0.25, -0.2) is 8.78 Å². The SMILES string of the molecule is O=C(N[C@H]1C[C@H]2C(=O)N[C@@H](CSCc3ccccc3)C(=O)N2C1)c1cc(F)cc(F)c1. The molecule has 2 aromatic rings. The number of rotatable bonds is 6. The Labute approximate surface area is 182 Å². The number of carbonyl (C=O) groups is 3. The van der Waals surface area contributed by atoms with Crippen LogP contribution >= 0.6 is 11.8 Å². The van der Waals surface area contributed by atoms with Gasteiger partial charge >= 0.3 is 0 Å². The minimum Gasteiger partial charge on any atom is -0.347 e. The normalized spacial score (nSPS) is 22.8. The molecule has 0 aromatic heterocycles. The highest BCUT2D eigenvalue weighted by Gasteiger charge is 2.46. The summed E-state index contributed by atoms with van der Waals surface area (Å²) in [5.74, 6) is -1.60. The summed E-state index contributed by atoms with van der Waals surface area (Å²) >= 11 is 1.56. The molecule has 2 aliphatic heterocycles. The van der Waals surface area contributed by atoms with E-state index in [-0.39, 0.29) is 30.3 Å². The fourth-order valence-corrected chi connectivity index (χ4v) is 4.91. The molecular formula is C22H21F2N3O3S. The molecular weight excluding hydrogens is 424 g/mol. The standard InChI is InChI=1S/C22H21F2N3O3S/c23-15-6-14(7-16(24)8-15)20(28)25-17-9-19-21(29)26-18(22(30)27(19)10-17)12-31-11-13-4-2-1-3-5-13/h1-8,17-19H,9-12H2,(H,25,28)(H,26,29)/t17-,18-,19-/m0/s1. The highest BCUT2D eigenvalue weighted by molar-refractivity contribution is 7.98. The van der Waals surface area contributed by atoms with Crippen LogP contribution in [0.4, 0.5) is 8.78 Å². The summed E-state index contributed by atoms with van der Waals surface area (Å²) < 4.78 is 26.7.